The molecule has 0 bridgehead atoms. The topological polar surface area (TPSA) is 136 Å². The van der Waals surface area contributed by atoms with E-state index in [0.29, 0.717) is 17.2 Å². The quantitative estimate of drug-likeness (QED) is 0.274. The van der Waals surface area contributed by atoms with E-state index in [0.717, 1.165) is 5.56 Å². The number of hydrogen-bond acceptors (Lipinski definition) is 13. The van der Waals surface area contributed by atoms with Crippen LogP contribution in [-0.4, -0.2) is 91.9 Å². The number of esters is 2. The van der Waals surface area contributed by atoms with E-state index in [1.807, 2.05) is 30.3 Å². The fourth-order valence-electron chi connectivity index (χ4n) is 5.58. The molecule has 0 amide bonds. The zero-order valence-corrected chi connectivity index (χ0v) is 27.2. The van der Waals surface area contributed by atoms with Crippen LogP contribution in [0.5, 0.6) is 28.7 Å². The fourth-order valence-corrected chi connectivity index (χ4v) is 5.58. The lowest BCUT2D eigenvalue weighted by atomic mass is 9.95. The average molecular weight is 655 g/mol. The number of fused-ring (bicyclic) bond motifs is 1. The SMILES string of the molecule is COc1ccc(C(=O)O[C@@H]2[C@@H](OC(=O)c3cc(OC)c(OC)c(OC)c3)[C@@H](OC)O[C@@H]3COC(C)(c4ccccc4)O[C@@H]23)cc1OC. The highest BCUT2D eigenvalue weighted by Gasteiger charge is 2.56. The van der Waals surface area contributed by atoms with Gasteiger partial charge in [0.05, 0.1) is 53.3 Å². The van der Waals surface area contributed by atoms with E-state index in [1.54, 1.807) is 13.0 Å². The van der Waals surface area contributed by atoms with Gasteiger partial charge in [0.15, 0.2) is 47.3 Å². The lowest BCUT2D eigenvalue weighted by Crippen LogP contribution is -2.66. The van der Waals surface area contributed by atoms with Crippen LogP contribution in [-0.2, 0) is 34.2 Å². The van der Waals surface area contributed by atoms with E-state index in [-0.39, 0.29) is 29.2 Å². The van der Waals surface area contributed by atoms with Crippen LogP contribution in [0.25, 0.3) is 0 Å². The largest absolute Gasteiger partial charge is 0.493 e. The van der Waals surface area contributed by atoms with E-state index >= 15 is 0 Å². The number of rotatable bonds is 11. The van der Waals surface area contributed by atoms with Crippen molar-refractivity contribution in [2.45, 2.75) is 43.4 Å². The minimum Gasteiger partial charge on any atom is -0.493 e. The minimum absolute atomic E-state index is 0.0634. The molecule has 2 fully saturated rings. The van der Waals surface area contributed by atoms with Gasteiger partial charge in [-0.1, -0.05) is 30.3 Å². The van der Waals surface area contributed by atoms with Crippen molar-refractivity contribution in [1.29, 1.82) is 0 Å². The molecule has 0 spiro atoms. The highest BCUT2D eigenvalue weighted by atomic mass is 16.8. The first kappa shape index (κ1) is 33.8. The Morgan fingerprint density at radius 1 is 0.702 bits per heavy atom. The summed E-state index contributed by atoms with van der Waals surface area (Å²) in [6, 6.07) is 16.8. The predicted molar refractivity (Wildman–Crippen MR) is 164 cm³/mol. The maximum atomic E-state index is 13.8. The van der Waals surface area contributed by atoms with Crippen molar-refractivity contribution in [1.82, 2.24) is 0 Å². The van der Waals surface area contributed by atoms with Gasteiger partial charge in [0.25, 0.3) is 0 Å². The molecular weight excluding hydrogens is 616 g/mol. The van der Waals surface area contributed by atoms with Gasteiger partial charge in [-0.25, -0.2) is 9.59 Å². The molecule has 1 unspecified atom stereocenters. The number of carbonyl (C=O) groups is 2. The van der Waals surface area contributed by atoms with Crippen molar-refractivity contribution < 1.29 is 61.7 Å². The van der Waals surface area contributed by atoms with Gasteiger partial charge in [0.1, 0.15) is 12.2 Å². The summed E-state index contributed by atoms with van der Waals surface area (Å²) in [5.41, 5.74) is 0.957. The van der Waals surface area contributed by atoms with Gasteiger partial charge in [0.2, 0.25) is 5.75 Å². The third-order valence-corrected chi connectivity index (χ3v) is 8.01. The maximum Gasteiger partial charge on any atom is 0.339 e. The third kappa shape index (κ3) is 6.79. The Hall–Kier alpha value is -4.56. The smallest absolute Gasteiger partial charge is 0.339 e. The van der Waals surface area contributed by atoms with E-state index < -0.39 is 48.4 Å². The van der Waals surface area contributed by atoms with E-state index in [4.69, 9.17) is 52.1 Å². The zero-order valence-electron chi connectivity index (χ0n) is 27.2. The second-order valence-corrected chi connectivity index (χ2v) is 10.7. The number of benzene rings is 3. The highest BCUT2D eigenvalue weighted by molar-refractivity contribution is 5.92. The molecule has 0 N–H and O–H groups in total. The standard InChI is InChI=1S/C34H38O13/c1-34(21-11-9-8-10-12-21)43-18-26-28(47-34)29(45-31(35)19-13-14-22(37-2)23(15-19)38-3)30(33(42-7)44-26)46-32(36)20-16-24(39-4)27(41-6)25(17-20)40-5/h8-17,26,28-30,33H,18H2,1-7H3/t26-,28-,29+,30-,33+,34?/m1/s1. The molecule has 2 saturated heterocycles. The van der Waals surface area contributed by atoms with Crippen molar-refractivity contribution in [2.24, 2.45) is 0 Å². The number of hydrogen-bond donors (Lipinski definition) is 0. The Labute approximate surface area is 272 Å². The summed E-state index contributed by atoms with van der Waals surface area (Å²) in [5, 5.41) is 0. The molecule has 0 radical (unpaired) electrons. The molecule has 0 aromatic heterocycles. The van der Waals surface area contributed by atoms with Crippen LogP contribution in [0.4, 0.5) is 0 Å². The molecule has 3 aromatic carbocycles. The second kappa shape index (κ2) is 14.5. The molecule has 5 rings (SSSR count). The molecule has 13 nitrogen and oxygen atoms in total. The maximum absolute atomic E-state index is 13.8. The summed E-state index contributed by atoms with van der Waals surface area (Å²) in [6.45, 7) is 1.82. The first-order valence-corrected chi connectivity index (χ1v) is 14.7. The monoisotopic (exact) mass is 654 g/mol. The molecule has 252 valence electrons. The summed E-state index contributed by atoms with van der Waals surface area (Å²) in [6.07, 6.45) is -5.40. The molecule has 0 aliphatic carbocycles. The van der Waals surface area contributed by atoms with Crippen molar-refractivity contribution in [3.8, 4) is 28.7 Å². The lowest BCUT2D eigenvalue weighted by Gasteiger charge is -2.50. The van der Waals surface area contributed by atoms with Crippen LogP contribution < -0.4 is 23.7 Å². The predicted octanol–water partition coefficient (Wildman–Crippen LogP) is 4.14. The molecule has 13 heteroatoms. The summed E-state index contributed by atoms with van der Waals surface area (Å²) in [5.74, 6) is -1.26. The van der Waals surface area contributed by atoms with Gasteiger partial charge in [-0.2, -0.15) is 0 Å². The van der Waals surface area contributed by atoms with Crippen LogP contribution in [0, 0.1) is 0 Å². The van der Waals surface area contributed by atoms with Crippen LogP contribution >= 0.6 is 0 Å². The van der Waals surface area contributed by atoms with Crippen molar-refractivity contribution in [2.75, 3.05) is 49.3 Å². The molecule has 2 heterocycles. The third-order valence-electron chi connectivity index (χ3n) is 8.01. The van der Waals surface area contributed by atoms with Crippen molar-refractivity contribution in [3.63, 3.8) is 0 Å². The van der Waals surface area contributed by atoms with Gasteiger partial charge < -0.3 is 52.1 Å². The average Bonchev–Trinajstić information content (AvgIpc) is 3.11. The Bertz CT molecular complexity index is 1540. The zero-order chi connectivity index (χ0) is 33.7. The lowest BCUT2D eigenvalue weighted by molar-refractivity contribution is -0.388. The van der Waals surface area contributed by atoms with Crippen molar-refractivity contribution >= 4 is 11.9 Å². The highest BCUT2D eigenvalue weighted by Crippen LogP contribution is 2.42. The fraction of sp³-hybridized carbons (Fsp3) is 0.412. The van der Waals surface area contributed by atoms with Crippen LogP contribution in [0.1, 0.15) is 33.2 Å². The normalized spacial score (nSPS) is 25.1. The minimum atomic E-state index is -1.30. The molecular formula is C34H38O13. The van der Waals surface area contributed by atoms with E-state index in [2.05, 4.69) is 0 Å². The Morgan fingerprint density at radius 2 is 1.30 bits per heavy atom. The molecule has 6 atom stereocenters. The molecule has 47 heavy (non-hydrogen) atoms. The van der Waals surface area contributed by atoms with Gasteiger partial charge in [-0.15, -0.1) is 0 Å². The van der Waals surface area contributed by atoms with E-state index in [1.165, 1.54) is 66.9 Å². The summed E-state index contributed by atoms with van der Waals surface area (Å²) >= 11 is 0. The summed E-state index contributed by atoms with van der Waals surface area (Å²) < 4.78 is 63.5. The van der Waals surface area contributed by atoms with Gasteiger partial charge >= 0.3 is 11.9 Å². The van der Waals surface area contributed by atoms with Crippen molar-refractivity contribution in [3.05, 3.63) is 77.4 Å². The number of carbonyl (C=O) groups excluding carboxylic acids is 2. The number of ether oxygens (including phenoxy) is 11. The number of methoxy groups -OCH3 is 6. The Morgan fingerprint density at radius 3 is 1.89 bits per heavy atom. The molecule has 3 aromatic rings. The van der Waals surface area contributed by atoms with Crippen LogP contribution in [0.3, 0.4) is 0 Å². The van der Waals surface area contributed by atoms with Crippen LogP contribution in [0.15, 0.2) is 60.7 Å². The summed E-state index contributed by atoms with van der Waals surface area (Å²) in [4.78, 5) is 27.5. The first-order valence-electron chi connectivity index (χ1n) is 14.7. The molecule has 0 saturated carbocycles. The van der Waals surface area contributed by atoms with Gasteiger partial charge in [-0.05, 0) is 37.3 Å². The van der Waals surface area contributed by atoms with E-state index in [9.17, 15) is 9.59 Å². The van der Waals surface area contributed by atoms with Crippen LogP contribution in [0.2, 0.25) is 0 Å². The summed E-state index contributed by atoms with van der Waals surface area (Å²) in [7, 11) is 8.64. The Balaban J connectivity index is 1.53. The first-order chi connectivity index (χ1) is 22.7. The van der Waals surface area contributed by atoms with Gasteiger partial charge in [0, 0.05) is 12.7 Å². The second-order valence-electron chi connectivity index (χ2n) is 10.7. The van der Waals surface area contributed by atoms with Gasteiger partial charge in [-0.3, -0.25) is 0 Å². The molecule has 2 aliphatic heterocycles. The Kier molecular flexibility index (Phi) is 10.4. The molecule has 2 aliphatic rings.